The number of fused-ring (bicyclic) bond motifs is 1. The third kappa shape index (κ3) is 7.40. The van der Waals surface area contributed by atoms with Gasteiger partial charge >= 0.3 is 25.7 Å². The number of hydrogen-bond donors (Lipinski definition) is 2. The summed E-state index contributed by atoms with van der Waals surface area (Å²) in [7, 11) is -13.1. The molecule has 256 valence electrons. The van der Waals surface area contributed by atoms with Crippen molar-refractivity contribution in [2.24, 2.45) is 0 Å². The lowest BCUT2D eigenvalue weighted by Gasteiger charge is -2.16. The van der Waals surface area contributed by atoms with Crippen molar-refractivity contribution in [1.82, 2.24) is 18.9 Å². The summed E-state index contributed by atoms with van der Waals surface area (Å²) in [4.78, 5) is 11.6. The fraction of sp³-hybridized carbons (Fsp3) is 0.214. The number of anilines is 1. The van der Waals surface area contributed by atoms with Gasteiger partial charge in [-0.05, 0) is 43.8 Å². The van der Waals surface area contributed by atoms with Crippen molar-refractivity contribution < 1.29 is 46.8 Å². The number of benzene rings is 3. The molecule has 0 aliphatic carbocycles. The Bertz CT molecular complexity index is 2360. The number of hydrogen-bond acceptors (Lipinski definition) is 12. The molecule has 0 radical (unpaired) electrons. The van der Waals surface area contributed by atoms with Crippen molar-refractivity contribution in [3.8, 4) is 45.4 Å². The van der Waals surface area contributed by atoms with Gasteiger partial charge in [-0.25, -0.2) is 22.4 Å². The number of H-pyrrole nitrogens is 1. The molecule has 0 amide bonds. The van der Waals surface area contributed by atoms with Gasteiger partial charge in [0.25, 0.3) is 0 Å². The highest BCUT2D eigenvalue weighted by atomic mass is 32.2. The van der Waals surface area contributed by atoms with Crippen LogP contribution < -0.4 is 14.1 Å². The van der Waals surface area contributed by atoms with Crippen LogP contribution in [-0.2, 0) is 30.3 Å². The first kappa shape index (κ1) is 35.0. The highest BCUT2D eigenvalue weighted by molar-refractivity contribution is 8.00. The predicted molar refractivity (Wildman–Crippen MR) is 175 cm³/mol. The van der Waals surface area contributed by atoms with E-state index in [0.717, 1.165) is 0 Å². The second-order valence-electron chi connectivity index (χ2n) is 10.6. The van der Waals surface area contributed by atoms with Crippen LogP contribution in [0.5, 0.6) is 11.5 Å². The second kappa shape index (κ2) is 12.3. The standard InChI is InChI=1S/C28H26F3N5O8S4/c1-15(2)48(41,42)36-20-14-19(24(43-46(3,37)38)25(44-47(4,39)40)23(20)35-27(36)32)22-21(16-8-6-5-7-9-16)33-26(34-22)17-10-12-18(13-11-17)45-28(29,30)31/h5-15H,1-4H3,(H2,32,35)(H,33,34). The van der Waals surface area contributed by atoms with Crippen LogP contribution in [0.1, 0.15) is 13.8 Å². The summed E-state index contributed by atoms with van der Waals surface area (Å²) in [6.45, 7) is 2.76. The SMILES string of the molecule is CC(C)S(=O)(=O)n1c(N)nc2c(OS(C)(=O)=O)c(OS(C)(=O)=O)c(-c3[nH]c(-c4ccc(SC(F)(F)F)cc4)nc3-c3ccccc3)cc21. The maximum atomic E-state index is 13.4. The molecule has 48 heavy (non-hydrogen) atoms. The number of aromatic amines is 1. The Morgan fingerprint density at radius 1 is 0.854 bits per heavy atom. The Morgan fingerprint density at radius 2 is 1.44 bits per heavy atom. The predicted octanol–water partition coefficient (Wildman–Crippen LogP) is 5.22. The number of nitrogens with one attached hydrogen (secondary N) is 1. The van der Waals surface area contributed by atoms with Crippen molar-refractivity contribution in [3.05, 3.63) is 60.7 Å². The van der Waals surface area contributed by atoms with Crippen molar-refractivity contribution in [2.45, 2.75) is 29.5 Å². The third-order valence-corrected chi connectivity index (χ3v) is 10.3. The van der Waals surface area contributed by atoms with E-state index in [1.807, 2.05) is 0 Å². The highest BCUT2D eigenvalue weighted by Gasteiger charge is 2.33. The van der Waals surface area contributed by atoms with Gasteiger partial charge in [0.15, 0.2) is 5.75 Å². The lowest BCUT2D eigenvalue weighted by Crippen LogP contribution is -2.23. The Balaban J connectivity index is 1.90. The highest BCUT2D eigenvalue weighted by Crippen LogP contribution is 2.48. The monoisotopic (exact) mass is 745 g/mol. The van der Waals surface area contributed by atoms with Gasteiger partial charge < -0.3 is 19.1 Å². The number of rotatable bonds is 10. The topological polar surface area (TPSA) is 193 Å². The number of nitrogen functional groups attached to an aromatic ring is 1. The minimum atomic E-state index is -4.51. The smallest absolute Gasteiger partial charge is 0.378 e. The number of nitrogens with two attached hydrogens (primary N) is 1. The molecule has 0 atom stereocenters. The molecule has 0 aliphatic rings. The number of thioether (sulfide) groups is 1. The summed E-state index contributed by atoms with van der Waals surface area (Å²) in [5.41, 5.74) is 1.50. The van der Waals surface area contributed by atoms with Crippen molar-refractivity contribution in [1.29, 1.82) is 0 Å². The number of alkyl halides is 3. The van der Waals surface area contributed by atoms with Gasteiger partial charge in [-0.3, -0.25) is 0 Å². The van der Waals surface area contributed by atoms with Crippen molar-refractivity contribution in [3.63, 3.8) is 0 Å². The molecule has 0 unspecified atom stereocenters. The minimum Gasteiger partial charge on any atom is -0.378 e. The molecule has 5 rings (SSSR count). The van der Waals surface area contributed by atoms with Crippen LogP contribution in [0, 0.1) is 0 Å². The average molecular weight is 746 g/mol. The number of nitrogens with zero attached hydrogens (tertiary/aromatic N) is 3. The van der Waals surface area contributed by atoms with E-state index in [2.05, 4.69) is 15.0 Å². The van der Waals surface area contributed by atoms with Gasteiger partial charge in [0.1, 0.15) is 11.3 Å². The Kier molecular flexibility index (Phi) is 8.99. The first-order valence-electron chi connectivity index (χ1n) is 13.5. The molecule has 3 aromatic carbocycles. The molecule has 20 heteroatoms. The fourth-order valence-corrected chi connectivity index (χ4v) is 7.22. The molecular weight excluding hydrogens is 720 g/mol. The van der Waals surface area contributed by atoms with E-state index in [9.17, 15) is 38.4 Å². The molecule has 5 aromatic rings. The van der Waals surface area contributed by atoms with E-state index in [0.29, 0.717) is 27.6 Å². The van der Waals surface area contributed by atoms with E-state index in [-0.39, 0.29) is 44.9 Å². The van der Waals surface area contributed by atoms with Crippen LogP contribution in [0.15, 0.2) is 65.6 Å². The number of aromatic nitrogens is 4. The number of imidazole rings is 2. The van der Waals surface area contributed by atoms with Crippen LogP contribution in [0.2, 0.25) is 0 Å². The van der Waals surface area contributed by atoms with E-state index >= 15 is 0 Å². The molecule has 0 spiro atoms. The first-order chi connectivity index (χ1) is 22.1. The summed E-state index contributed by atoms with van der Waals surface area (Å²) in [6.07, 6.45) is 1.36. The van der Waals surface area contributed by atoms with Crippen LogP contribution in [0.3, 0.4) is 0 Å². The third-order valence-electron chi connectivity index (χ3n) is 6.54. The Labute approximate surface area is 277 Å². The maximum Gasteiger partial charge on any atom is 0.446 e. The molecule has 2 heterocycles. The molecule has 0 aliphatic heterocycles. The van der Waals surface area contributed by atoms with Gasteiger partial charge in [0, 0.05) is 16.0 Å². The Morgan fingerprint density at radius 3 is 1.98 bits per heavy atom. The summed E-state index contributed by atoms with van der Waals surface area (Å²) in [6, 6.07) is 14.8. The largest absolute Gasteiger partial charge is 0.446 e. The van der Waals surface area contributed by atoms with Gasteiger partial charge in [0.05, 0.1) is 40.2 Å². The van der Waals surface area contributed by atoms with Crippen molar-refractivity contribution >= 4 is 59.0 Å². The summed E-state index contributed by atoms with van der Waals surface area (Å²) >= 11 is -0.306. The molecule has 2 aromatic heterocycles. The molecule has 0 saturated carbocycles. The first-order valence-corrected chi connectivity index (χ1v) is 19.5. The van der Waals surface area contributed by atoms with Crippen LogP contribution in [-0.4, -0.2) is 67.4 Å². The van der Waals surface area contributed by atoms with E-state index < -0.39 is 64.0 Å². The second-order valence-corrected chi connectivity index (χ2v) is 17.2. The van der Waals surface area contributed by atoms with Crippen LogP contribution in [0.4, 0.5) is 19.1 Å². The molecule has 0 fully saturated rings. The summed E-state index contributed by atoms with van der Waals surface area (Å²) in [5.74, 6) is -1.94. The van der Waals surface area contributed by atoms with Gasteiger partial charge in [-0.1, -0.05) is 42.5 Å². The molecule has 0 saturated heterocycles. The maximum absolute atomic E-state index is 13.4. The van der Waals surface area contributed by atoms with Gasteiger partial charge in [0.2, 0.25) is 21.7 Å². The zero-order valence-corrected chi connectivity index (χ0v) is 28.6. The zero-order chi connectivity index (χ0) is 35.4. The summed E-state index contributed by atoms with van der Waals surface area (Å²) < 4.78 is 127. The molecule has 0 bridgehead atoms. The molecule has 3 N–H and O–H groups in total. The van der Waals surface area contributed by atoms with E-state index in [1.165, 1.54) is 44.2 Å². The van der Waals surface area contributed by atoms with Gasteiger partial charge in [-0.2, -0.15) is 30.0 Å². The van der Waals surface area contributed by atoms with E-state index in [1.54, 1.807) is 30.3 Å². The zero-order valence-electron chi connectivity index (χ0n) is 25.3. The van der Waals surface area contributed by atoms with Crippen LogP contribution in [0.25, 0.3) is 44.9 Å². The average Bonchev–Trinajstić information content (AvgIpc) is 3.54. The number of halogens is 3. The minimum absolute atomic E-state index is 0.00268. The normalized spacial score (nSPS) is 12.9. The summed E-state index contributed by atoms with van der Waals surface area (Å²) in [5, 5.41) is -1.04. The van der Waals surface area contributed by atoms with Crippen molar-refractivity contribution in [2.75, 3.05) is 18.2 Å². The fourth-order valence-electron chi connectivity index (χ4n) is 4.61. The van der Waals surface area contributed by atoms with E-state index in [4.69, 9.17) is 14.1 Å². The molecular formula is C28H26F3N5O8S4. The van der Waals surface area contributed by atoms with Crippen LogP contribution >= 0.6 is 11.8 Å². The Hall–Kier alpha value is -4.27. The molecule has 13 nitrogen and oxygen atoms in total. The van der Waals surface area contributed by atoms with Gasteiger partial charge in [-0.15, -0.1) is 0 Å². The quantitative estimate of drug-likeness (QED) is 0.140. The lowest BCUT2D eigenvalue weighted by molar-refractivity contribution is -0.0328. The lowest BCUT2D eigenvalue weighted by atomic mass is 10.0.